The smallest absolute Gasteiger partial charge is 0.200 e. The molecule has 0 bridgehead atoms. The predicted molar refractivity (Wildman–Crippen MR) is 47.0 cm³/mol. The van der Waals surface area contributed by atoms with E-state index in [-0.39, 0.29) is 5.57 Å². The third kappa shape index (κ3) is 2.06. The zero-order chi connectivity index (χ0) is 12.5. The lowest BCUT2D eigenvalue weighted by atomic mass is 10.1. The van der Waals surface area contributed by atoms with E-state index in [1.165, 1.54) is 6.92 Å². The molecule has 1 aromatic carbocycles. The normalized spacial score (nSPS) is 12.1. The summed E-state index contributed by atoms with van der Waals surface area (Å²) in [7, 11) is 0. The van der Waals surface area contributed by atoms with Crippen LogP contribution in [0.5, 0.6) is 0 Å². The first-order valence-corrected chi connectivity index (χ1v) is 4.19. The number of hydrogen-bond donors (Lipinski definition) is 1. The molecule has 0 saturated carbocycles. The number of aliphatic hydroxyl groups is 1. The Bertz CT molecular complexity index is 424. The molecule has 0 spiro atoms. The molecule has 0 aromatic heterocycles. The lowest BCUT2D eigenvalue weighted by molar-refractivity contribution is 0.332. The Morgan fingerprint density at radius 1 is 0.938 bits per heavy atom. The number of aliphatic hydroxyl groups excluding tert-OH is 1. The van der Waals surface area contributed by atoms with Gasteiger partial charge in [-0.05, 0) is 18.6 Å². The number of hydrogen-bond acceptors (Lipinski definition) is 1. The van der Waals surface area contributed by atoms with Gasteiger partial charge >= 0.3 is 0 Å². The highest BCUT2D eigenvalue weighted by atomic mass is 19.2. The molecule has 1 N–H and O–H groups in total. The third-order valence-electron chi connectivity index (χ3n) is 1.88. The zero-order valence-electron chi connectivity index (χ0n) is 8.12. The van der Waals surface area contributed by atoms with Crippen LogP contribution in [-0.4, -0.2) is 11.7 Å². The van der Waals surface area contributed by atoms with Gasteiger partial charge in [0.25, 0.3) is 0 Å². The number of benzene rings is 1. The molecule has 1 aromatic rings. The van der Waals surface area contributed by atoms with Crippen molar-refractivity contribution in [1.82, 2.24) is 0 Å². The highest BCUT2D eigenvalue weighted by Gasteiger charge is 2.24. The van der Waals surface area contributed by atoms with Crippen LogP contribution in [0.4, 0.5) is 22.0 Å². The molecule has 0 aliphatic carbocycles. The zero-order valence-corrected chi connectivity index (χ0v) is 8.12. The maximum atomic E-state index is 13.1. The number of rotatable bonds is 2. The molecule has 0 unspecified atom stereocenters. The van der Waals surface area contributed by atoms with Gasteiger partial charge in [-0.1, -0.05) is 0 Å². The standard InChI is InChI=1S/C10H7F5O/c1-4(3-16)2-5-6(11)8(13)10(15)9(14)7(5)12/h2,16H,3H2,1H3. The van der Waals surface area contributed by atoms with Crippen molar-refractivity contribution in [2.75, 3.05) is 6.61 Å². The monoisotopic (exact) mass is 238 g/mol. The minimum atomic E-state index is -2.20. The third-order valence-corrected chi connectivity index (χ3v) is 1.88. The van der Waals surface area contributed by atoms with Gasteiger partial charge in [-0.15, -0.1) is 0 Å². The Balaban J connectivity index is 3.52. The summed E-state index contributed by atoms with van der Waals surface area (Å²) in [5.41, 5.74) is -0.980. The van der Waals surface area contributed by atoms with E-state index in [0.29, 0.717) is 6.08 Å². The largest absolute Gasteiger partial charge is 0.392 e. The van der Waals surface area contributed by atoms with Crippen molar-refractivity contribution in [3.8, 4) is 0 Å². The Labute approximate surface area is 87.8 Å². The molecule has 0 amide bonds. The second-order valence-corrected chi connectivity index (χ2v) is 3.13. The summed E-state index contributed by atoms with van der Waals surface area (Å²) in [6.07, 6.45) is 0.705. The summed E-state index contributed by atoms with van der Waals surface area (Å²) >= 11 is 0. The topological polar surface area (TPSA) is 20.2 Å². The van der Waals surface area contributed by atoms with Gasteiger partial charge in [-0.2, -0.15) is 0 Å². The Morgan fingerprint density at radius 2 is 1.31 bits per heavy atom. The van der Waals surface area contributed by atoms with Gasteiger partial charge in [0.2, 0.25) is 5.82 Å². The van der Waals surface area contributed by atoms with E-state index >= 15 is 0 Å². The van der Waals surface area contributed by atoms with E-state index in [4.69, 9.17) is 5.11 Å². The van der Waals surface area contributed by atoms with E-state index in [0.717, 1.165) is 0 Å². The van der Waals surface area contributed by atoms with Crippen molar-refractivity contribution in [3.05, 3.63) is 40.2 Å². The predicted octanol–water partition coefficient (Wildman–Crippen LogP) is 2.78. The molecule has 1 nitrogen and oxygen atoms in total. The first-order chi connectivity index (χ1) is 7.40. The van der Waals surface area contributed by atoms with Crippen molar-refractivity contribution < 1.29 is 27.1 Å². The molecule has 0 aliphatic heterocycles. The van der Waals surface area contributed by atoms with Crippen molar-refractivity contribution in [2.45, 2.75) is 6.92 Å². The van der Waals surface area contributed by atoms with Crippen molar-refractivity contribution in [1.29, 1.82) is 0 Å². The molecule has 1 rings (SSSR count). The van der Waals surface area contributed by atoms with Gasteiger partial charge in [0.05, 0.1) is 12.2 Å². The quantitative estimate of drug-likeness (QED) is 0.477. The Hall–Kier alpha value is -1.43. The average Bonchev–Trinajstić information content (AvgIpc) is 2.29. The molecule has 0 heterocycles. The molecule has 0 radical (unpaired) electrons. The summed E-state index contributed by atoms with van der Waals surface area (Å²) in [6.45, 7) is 0.748. The van der Waals surface area contributed by atoms with Crippen molar-refractivity contribution in [2.24, 2.45) is 0 Å². The maximum absolute atomic E-state index is 13.1. The fourth-order valence-electron chi connectivity index (χ4n) is 1.04. The lowest BCUT2D eigenvalue weighted by Crippen LogP contribution is -2.04. The molecule has 88 valence electrons. The van der Waals surface area contributed by atoms with Crippen LogP contribution in [0.25, 0.3) is 6.08 Å². The van der Waals surface area contributed by atoms with Crippen LogP contribution in [0.1, 0.15) is 12.5 Å². The Kier molecular flexibility index (Phi) is 3.64. The van der Waals surface area contributed by atoms with Crippen LogP contribution in [0.3, 0.4) is 0 Å². The maximum Gasteiger partial charge on any atom is 0.200 e. The average molecular weight is 238 g/mol. The van der Waals surface area contributed by atoms with E-state index < -0.39 is 41.3 Å². The second-order valence-electron chi connectivity index (χ2n) is 3.13. The first-order valence-electron chi connectivity index (χ1n) is 4.19. The van der Waals surface area contributed by atoms with E-state index in [1.807, 2.05) is 0 Å². The van der Waals surface area contributed by atoms with Crippen LogP contribution in [0.15, 0.2) is 5.57 Å². The molecule has 6 heteroatoms. The van der Waals surface area contributed by atoms with Gasteiger partial charge in [0.1, 0.15) is 0 Å². The fourth-order valence-corrected chi connectivity index (χ4v) is 1.04. The minimum Gasteiger partial charge on any atom is -0.392 e. The SMILES string of the molecule is CC(=Cc1c(F)c(F)c(F)c(F)c1F)CO. The molecule has 0 aliphatic rings. The van der Waals surface area contributed by atoms with Gasteiger partial charge in [0, 0.05) is 0 Å². The molecule has 16 heavy (non-hydrogen) atoms. The fraction of sp³-hybridized carbons (Fsp3) is 0.200. The summed E-state index contributed by atoms with van der Waals surface area (Å²) in [6, 6.07) is 0. The molecular formula is C10H7F5O. The molecule has 0 fully saturated rings. The summed E-state index contributed by atoms with van der Waals surface area (Å²) in [4.78, 5) is 0. The highest BCUT2D eigenvalue weighted by molar-refractivity contribution is 5.54. The second kappa shape index (κ2) is 4.61. The lowest BCUT2D eigenvalue weighted by Gasteiger charge is -2.05. The van der Waals surface area contributed by atoms with E-state index in [1.54, 1.807) is 0 Å². The Morgan fingerprint density at radius 3 is 1.69 bits per heavy atom. The van der Waals surface area contributed by atoms with Crippen LogP contribution in [0.2, 0.25) is 0 Å². The van der Waals surface area contributed by atoms with Crippen LogP contribution >= 0.6 is 0 Å². The summed E-state index contributed by atoms with van der Waals surface area (Å²) < 4.78 is 64.1. The van der Waals surface area contributed by atoms with Crippen LogP contribution < -0.4 is 0 Å². The first kappa shape index (κ1) is 12.6. The van der Waals surface area contributed by atoms with E-state index in [2.05, 4.69) is 0 Å². The summed E-state index contributed by atoms with van der Waals surface area (Å²) in [5, 5.41) is 8.60. The molecule has 0 atom stereocenters. The molecule has 0 saturated heterocycles. The van der Waals surface area contributed by atoms with Crippen LogP contribution in [-0.2, 0) is 0 Å². The van der Waals surface area contributed by atoms with Gasteiger partial charge in [-0.3, -0.25) is 0 Å². The van der Waals surface area contributed by atoms with Crippen molar-refractivity contribution in [3.63, 3.8) is 0 Å². The van der Waals surface area contributed by atoms with Gasteiger partial charge < -0.3 is 5.11 Å². The van der Waals surface area contributed by atoms with Gasteiger partial charge in [-0.25, -0.2) is 22.0 Å². The highest BCUT2D eigenvalue weighted by Crippen LogP contribution is 2.24. The number of halogens is 5. The van der Waals surface area contributed by atoms with Gasteiger partial charge in [0.15, 0.2) is 23.3 Å². The van der Waals surface area contributed by atoms with Crippen LogP contribution in [0, 0.1) is 29.1 Å². The molecular weight excluding hydrogens is 231 g/mol. The summed E-state index contributed by atoms with van der Waals surface area (Å²) in [5.74, 6) is -10.0. The van der Waals surface area contributed by atoms with Crippen molar-refractivity contribution >= 4 is 6.08 Å². The van der Waals surface area contributed by atoms with E-state index in [9.17, 15) is 22.0 Å². The minimum absolute atomic E-state index is 0.0724.